The van der Waals surface area contributed by atoms with E-state index in [1.807, 2.05) is 53.4 Å². The molecular formula is C25H26Cl2N2O4. The summed E-state index contributed by atoms with van der Waals surface area (Å²) in [5, 5.41) is 12.5. The lowest BCUT2D eigenvalue weighted by atomic mass is 9.74. The molecule has 8 heteroatoms. The highest BCUT2D eigenvalue weighted by molar-refractivity contribution is 6.30. The Balaban J connectivity index is 1.69. The van der Waals surface area contributed by atoms with Crippen LogP contribution in [0.1, 0.15) is 48.8 Å². The zero-order chi connectivity index (χ0) is 23.5. The first-order chi connectivity index (χ1) is 15.8. The summed E-state index contributed by atoms with van der Waals surface area (Å²) in [6.07, 6.45) is 2.59. The number of carbonyl (C=O) groups is 3. The van der Waals surface area contributed by atoms with Crippen molar-refractivity contribution in [3.05, 3.63) is 69.7 Å². The van der Waals surface area contributed by atoms with E-state index in [9.17, 15) is 14.4 Å². The van der Waals surface area contributed by atoms with Crippen LogP contribution in [0.4, 0.5) is 0 Å². The number of amides is 2. The number of benzene rings is 2. The Labute approximate surface area is 202 Å². The van der Waals surface area contributed by atoms with Crippen molar-refractivity contribution in [3.8, 4) is 0 Å². The normalized spacial score (nSPS) is 22.8. The first kappa shape index (κ1) is 23.6. The summed E-state index contributed by atoms with van der Waals surface area (Å²) in [5.41, 5.74) is 2.00. The van der Waals surface area contributed by atoms with Crippen LogP contribution < -0.4 is 5.32 Å². The standard InChI is InChI=1S/C25H26Cl2N2O4/c26-19-8-6-16(7-9-19)24-21(17-2-1-3-20(27)10-17)11-18(12-22(30)28-13-23(31)32)25(33)29(24)14-15-4-5-15/h1-3,6-10,15,18,21,24H,4-5,11-14H2,(H,28,30)(H,31,32). The topological polar surface area (TPSA) is 86.7 Å². The second-order valence-corrected chi connectivity index (χ2v) is 9.77. The highest BCUT2D eigenvalue weighted by atomic mass is 35.5. The minimum Gasteiger partial charge on any atom is -0.480 e. The van der Waals surface area contributed by atoms with E-state index in [0.717, 1.165) is 24.0 Å². The van der Waals surface area contributed by atoms with E-state index in [1.165, 1.54) is 0 Å². The van der Waals surface area contributed by atoms with Gasteiger partial charge in [0, 0.05) is 34.8 Å². The van der Waals surface area contributed by atoms with Gasteiger partial charge in [-0.25, -0.2) is 0 Å². The van der Waals surface area contributed by atoms with Crippen molar-refractivity contribution in [2.24, 2.45) is 11.8 Å². The number of hydrogen-bond acceptors (Lipinski definition) is 3. The maximum Gasteiger partial charge on any atom is 0.322 e. The van der Waals surface area contributed by atoms with Crippen molar-refractivity contribution in [2.45, 2.75) is 37.6 Å². The average molecular weight is 489 g/mol. The molecule has 1 saturated heterocycles. The van der Waals surface area contributed by atoms with E-state index < -0.39 is 24.3 Å². The average Bonchev–Trinajstić information content (AvgIpc) is 3.60. The van der Waals surface area contributed by atoms with Crippen molar-refractivity contribution in [1.82, 2.24) is 10.2 Å². The Hall–Kier alpha value is -2.57. The summed E-state index contributed by atoms with van der Waals surface area (Å²) in [6, 6.07) is 15.0. The molecule has 1 saturated carbocycles. The van der Waals surface area contributed by atoms with Crippen LogP contribution in [0.2, 0.25) is 10.0 Å². The van der Waals surface area contributed by atoms with Gasteiger partial charge in [-0.3, -0.25) is 14.4 Å². The van der Waals surface area contributed by atoms with Gasteiger partial charge in [-0.1, -0.05) is 47.5 Å². The maximum absolute atomic E-state index is 13.6. The van der Waals surface area contributed by atoms with E-state index >= 15 is 0 Å². The molecule has 3 atom stereocenters. The molecule has 2 fully saturated rings. The molecule has 0 aromatic heterocycles. The molecule has 1 aliphatic carbocycles. The van der Waals surface area contributed by atoms with Gasteiger partial charge in [-0.05, 0) is 60.6 Å². The van der Waals surface area contributed by atoms with Crippen LogP contribution in [0.25, 0.3) is 0 Å². The number of aliphatic carboxylic acids is 1. The molecule has 2 N–H and O–H groups in total. The highest BCUT2D eigenvalue weighted by Gasteiger charge is 2.45. The summed E-state index contributed by atoms with van der Waals surface area (Å²) >= 11 is 12.4. The predicted molar refractivity (Wildman–Crippen MR) is 126 cm³/mol. The summed E-state index contributed by atoms with van der Waals surface area (Å²) in [7, 11) is 0. The van der Waals surface area contributed by atoms with Crippen LogP contribution in [0.3, 0.4) is 0 Å². The second-order valence-electron chi connectivity index (χ2n) is 8.90. The third-order valence-corrected chi connectivity index (χ3v) is 6.88. The van der Waals surface area contributed by atoms with Gasteiger partial charge in [0.1, 0.15) is 6.54 Å². The fourth-order valence-corrected chi connectivity index (χ4v) is 5.00. The Morgan fingerprint density at radius 2 is 1.76 bits per heavy atom. The molecule has 0 radical (unpaired) electrons. The van der Waals surface area contributed by atoms with Crippen molar-refractivity contribution >= 4 is 41.0 Å². The van der Waals surface area contributed by atoms with Crippen molar-refractivity contribution in [3.63, 3.8) is 0 Å². The van der Waals surface area contributed by atoms with Crippen LogP contribution in [0.5, 0.6) is 0 Å². The molecule has 1 aliphatic heterocycles. The van der Waals surface area contributed by atoms with E-state index in [-0.39, 0.29) is 24.3 Å². The molecule has 33 heavy (non-hydrogen) atoms. The number of carboxylic acid groups (broad SMARTS) is 1. The lowest BCUT2D eigenvalue weighted by Gasteiger charge is -2.45. The van der Waals surface area contributed by atoms with Crippen molar-refractivity contribution in [1.29, 1.82) is 0 Å². The van der Waals surface area contributed by atoms with Crippen molar-refractivity contribution in [2.75, 3.05) is 13.1 Å². The minimum atomic E-state index is -1.12. The maximum atomic E-state index is 13.6. The number of rotatable bonds is 8. The SMILES string of the molecule is O=C(O)CNC(=O)CC1CC(c2cccc(Cl)c2)C(c2ccc(Cl)cc2)N(CC2CC2)C1=O. The first-order valence-corrected chi connectivity index (χ1v) is 11.9. The smallest absolute Gasteiger partial charge is 0.322 e. The Bertz CT molecular complexity index is 1040. The van der Waals surface area contributed by atoms with Gasteiger partial charge >= 0.3 is 5.97 Å². The van der Waals surface area contributed by atoms with Gasteiger partial charge in [0.15, 0.2) is 0 Å². The molecule has 1 heterocycles. The lowest BCUT2D eigenvalue weighted by Crippen LogP contribution is -2.48. The number of carbonyl (C=O) groups excluding carboxylic acids is 2. The van der Waals surface area contributed by atoms with Crippen molar-refractivity contribution < 1.29 is 19.5 Å². The summed E-state index contributed by atoms with van der Waals surface area (Å²) < 4.78 is 0. The molecule has 2 amide bonds. The Kier molecular flexibility index (Phi) is 7.25. The quantitative estimate of drug-likeness (QED) is 0.565. The summed E-state index contributed by atoms with van der Waals surface area (Å²) in [4.78, 5) is 38.8. The van der Waals surface area contributed by atoms with Crippen LogP contribution >= 0.6 is 23.2 Å². The Morgan fingerprint density at radius 3 is 2.39 bits per heavy atom. The first-order valence-electron chi connectivity index (χ1n) is 11.1. The van der Waals surface area contributed by atoms with Gasteiger partial charge < -0.3 is 15.3 Å². The number of piperidine rings is 1. The zero-order valence-corrected chi connectivity index (χ0v) is 19.6. The number of carboxylic acids is 1. The highest BCUT2D eigenvalue weighted by Crippen LogP contribution is 2.48. The number of nitrogens with one attached hydrogen (secondary N) is 1. The van der Waals surface area contributed by atoms with Gasteiger partial charge in [0.05, 0.1) is 6.04 Å². The number of nitrogens with zero attached hydrogens (tertiary/aromatic N) is 1. The lowest BCUT2D eigenvalue weighted by molar-refractivity contribution is -0.146. The van der Waals surface area contributed by atoms with E-state index in [0.29, 0.717) is 28.9 Å². The van der Waals surface area contributed by atoms with Crippen LogP contribution in [-0.4, -0.2) is 40.9 Å². The molecule has 2 aromatic carbocycles. The number of halogens is 2. The molecule has 2 aromatic rings. The number of likely N-dealkylation sites (tertiary alicyclic amines) is 1. The molecule has 0 bridgehead atoms. The molecule has 2 aliphatic rings. The molecular weight excluding hydrogens is 463 g/mol. The number of hydrogen-bond donors (Lipinski definition) is 2. The Morgan fingerprint density at radius 1 is 1.03 bits per heavy atom. The molecule has 4 rings (SSSR count). The van der Waals surface area contributed by atoms with Crippen LogP contribution in [-0.2, 0) is 14.4 Å². The van der Waals surface area contributed by atoms with Gasteiger partial charge in [-0.15, -0.1) is 0 Å². The third kappa shape index (κ3) is 5.87. The van der Waals surface area contributed by atoms with Gasteiger partial charge in [0.2, 0.25) is 11.8 Å². The monoisotopic (exact) mass is 488 g/mol. The van der Waals surface area contributed by atoms with Crippen LogP contribution in [0, 0.1) is 11.8 Å². The molecule has 6 nitrogen and oxygen atoms in total. The minimum absolute atomic E-state index is 0.0440. The van der Waals surface area contributed by atoms with E-state index in [4.69, 9.17) is 28.3 Å². The van der Waals surface area contributed by atoms with E-state index in [2.05, 4.69) is 5.32 Å². The van der Waals surface area contributed by atoms with Gasteiger partial charge in [0.25, 0.3) is 0 Å². The summed E-state index contributed by atoms with van der Waals surface area (Å²) in [6.45, 7) is 0.174. The fourth-order valence-electron chi connectivity index (χ4n) is 4.68. The third-order valence-electron chi connectivity index (χ3n) is 6.40. The van der Waals surface area contributed by atoms with Crippen LogP contribution in [0.15, 0.2) is 48.5 Å². The fraction of sp³-hybridized carbons (Fsp3) is 0.400. The van der Waals surface area contributed by atoms with E-state index in [1.54, 1.807) is 0 Å². The predicted octanol–water partition coefficient (Wildman–Crippen LogP) is 4.67. The molecule has 0 spiro atoms. The largest absolute Gasteiger partial charge is 0.480 e. The molecule has 174 valence electrons. The second kappa shape index (κ2) is 10.1. The summed E-state index contributed by atoms with van der Waals surface area (Å²) in [5.74, 6) is -1.76. The molecule has 3 unspecified atom stereocenters. The van der Waals surface area contributed by atoms with Gasteiger partial charge in [-0.2, -0.15) is 0 Å². The zero-order valence-electron chi connectivity index (χ0n) is 18.0.